The molecule has 1 aromatic heterocycles. The highest BCUT2D eigenvalue weighted by Crippen LogP contribution is 2.30. The van der Waals surface area contributed by atoms with Crippen molar-refractivity contribution in [1.29, 1.82) is 0 Å². The molecule has 1 aromatic carbocycles. The van der Waals surface area contributed by atoms with Gasteiger partial charge in [0, 0.05) is 61.6 Å². The number of fused-ring (bicyclic) bond motifs is 1. The smallest absolute Gasteiger partial charge is 0.295 e. The van der Waals surface area contributed by atoms with Crippen molar-refractivity contribution in [1.82, 2.24) is 14.8 Å². The van der Waals surface area contributed by atoms with Crippen LogP contribution in [0.25, 0.3) is 10.9 Å². The maximum absolute atomic E-state index is 11.3. The summed E-state index contributed by atoms with van der Waals surface area (Å²) in [6.07, 6.45) is 0. The summed E-state index contributed by atoms with van der Waals surface area (Å²) < 4.78 is 0. The number of nitro groups is 1. The zero-order chi connectivity index (χ0) is 18.0. The normalized spacial score (nSPS) is 17.6. The molecule has 0 saturated carbocycles. The number of aryl methyl sites for hydroxylation is 1. The molecule has 0 unspecified atom stereocenters. The van der Waals surface area contributed by atoms with Crippen LogP contribution in [0.5, 0.6) is 0 Å². The second-order valence-electron chi connectivity index (χ2n) is 6.89. The van der Waals surface area contributed by atoms with Gasteiger partial charge in [-0.2, -0.15) is 0 Å². The summed E-state index contributed by atoms with van der Waals surface area (Å²) in [4.78, 5) is 20.1. The van der Waals surface area contributed by atoms with Gasteiger partial charge in [0.1, 0.15) is 0 Å². The number of nitro benzene ring substituents is 1. The fourth-order valence-corrected chi connectivity index (χ4v) is 3.36. The van der Waals surface area contributed by atoms with Crippen LogP contribution >= 0.6 is 0 Å². The number of hydrogen-bond donors (Lipinski definition) is 1. The molecule has 1 atom stereocenters. The Bertz CT molecular complexity index is 771. The van der Waals surface area contributed by atoms with Gasteiger partial charge in [-0.25, -0.2) is 4.98 Å². The molecule has 25 heavy (non-hydrogen) atoms. The lowest BCUT2D eigenvalue weighted by atomic mass is 10.1. The SMILES string of the molecule is Cc1cc(N[C@H](C)CN2CCN(C)CC2)c2cccc([N+](=O)[O-])c2n1. The van der Waals surface area contributed by atoms with Crippen LogP contribution in [0.2, 0.25) is 0 Å². The molecule has 3 rings (SSSR count). The highest BCUT2D eigenvalue weighted by atomic mass is 16.6. The van der Waals surface area contributed by atoms with Gasteiger partial charge in [-0.3, -0.25) is 15.0 Å². The Balaban J connectivity index is 1.81. The molecule has 0 amide bonds. The minimum absolute atomic E-state index is 0.0518. The first-order valence-corrected chi connectivity index (χ1v) is 8.66. The van der Waals surface area contributed by atoms with E-state index >= 15 is 0 Å². The van der Waals surface area contributed by atoms with Crippen LogP contribution in [0.3, 0.4) is 0 Å². The number of rotatable bonds is 5. The van der Waals surface area contributed by atoms with E-state index in [1.807, 2.05) is 19.1 Å². The predicted octanol–water partition coefficient (Wildman–Crippen LogP) is 2.50. The van der Waals surface area contributed by atoms with Gasteiger partial charge >= 0.3 is 0 Å². The Hall–Kier alpha value is -2.25. The molecule has 7 heteroatoms. The number of para-hydroxylation sites is 1. The van der Waals surface area contributed by atoms with E-state index < -0.39 is 0 Å². The van der Waals surface area contributed by atoms with E-state index in [0.29, 0.717) is 5.52 Å². The summed E-state index contributed by atoms with van der Waals surface area (Å²) in [7, 11) is 2.15. The zero-order valence-electron chi connectivity index (χ0n) is 15.0. The van der Waals surface area contributed by atoms with Gasteiger partial charge in [-0.15, -0.1) is 0 Å². The van der Waals surface area contributed by atoms with E-state index in [9.17, 15) is 10.1 Å². The second-order valence-corrected chi connectivity index (χ2v) is 6.89. The summed E-state index contributed by atoms with van der Waals surface area (Å²) in [6, 6.07) is 7.32. The van der Waals surface area contributed by atoms with Gasteiger partial charge in [0.2, 0.25) is 0 Å². The lowest BCUT2D eigenvalue weighted by molar-refractivity contribution is -0.383. The molecule has 134 valence electrons. The Morgan fingerprint density at radius 2 is 2.04 bits per heavy atom. The van der Waals surface area contributed by atoms with Gasteiger partial charge < -0.3 is 10.2 Å². The molecular formula is C18H25N5O2. The third-order valence-corrected chi connectivity index (χ3v) is 4.67. The number of benzene rings is 1. The average Bonchev–Trinajstić information content (AvgIpc) is 2.56. The van der Waals surface area contributed by atoms with Crippen molar-refractivity contribution < 1.29 is 4.92 Å². The zero-order valence-corrected chi connectivity index (χ0v) is 15.0. The summed E-state index contributed by atoms with van der Waals surface area (Å²) in [5.41, 5.74) is 2.18. The number of likely N-dealkylation sites (N-methyl/N-ethyl adjacent to an activating group) is 1. The number of pyridine rings is 1. The number of piperazine rings is 1. The lowest BCUT2D eigenvalue weighted by Crippen LogP contribution is -2.47. The van der Waals surface area contributed by atoms with E-state index in [1.54, 1.807) is 6.07 Å². The average molecular weight is 343 g/mol. The number of aromatic nitrogens is 1. The van der Waals surface area contributed by atoms with Gasteiger partial charge in [-0.1, -0.05) is 12.1 Å². The quantitative estimate of drug-likeness (QED) is 0.664. The van der Waals surface area contributed by atoms with E-state index in [1.165, 1.54) is 6.07 Å². The van der Waals surface area contributed by atoms with E-state index in [0.717, 1.165) is 49.5 Å². The molecule has 1 fully saturated rings. The molecule has 7 nitrogen and oxygen atoms in total. The van der Waals surface area contributed by atoms with Crippen molar-refractivity contribution in [2.75, 3.05) is 45.1 Å². The van der Waals surface area contributed by atoms with Crippen LogP contribution in [0.1, 0.15) is 12.6 Å². The van der Waals surface area contributed by atoms with Gasteiger partial charge in [0.25, 0.3) is 5.69 Å². The van der Waals surface area contributed by atoms with Crippen LogP contribution < -0.4 is 5.32 Å². The molecule has 0 aliphatic carbocycles. The Morgan fingerprint density at radius 1 is 1.32 bits per heavy atom. The summed E-state index contributed by atoms with van der Waals surface area (Å²) in [5, 5.41) is 15.6. The third-order valence-electron chi connectivity index (χ3n) is 4.67. The van der Waals surface area contributed by atoms with Crippen molar-refractivity contribution in [3.8, 4) is 0 Å². The number of anilines is 1. The third kappa shape index (κ3) is 4.05. The van der Waals surface area contributed by atoms with Crippen molar-refractivity contribution in [3.05, 3.63) is 40.1 Å². The summed E-state index contributed by atoms with van der Waals surface area (Å²) in [5.74, 6) is 0. The minimum atomic E-state index is -0.369. The molecule has 1 aliphatic rings. The first-order chi connectivity index (χ1) is 11.9. The number of nitrogens with zero attached hydrogens (tertiary/aromatic N) is 4. The van der Waals surface area contributed by atoms with Gasteiger partial charge in [0.05, 0.1) is 4.92 Å². The largest absolute Gasteiger partial charge is 0.381 e. The fraction of sp³-hybridized carbons (Fsp3) is 0.500. The lowest BCUT2D eigenvalue weighted by Gasteiger charge is -2.34. The first-order valence-electron chi connectivity index (χ1n) is 8.66. The van der Waals surface area contributed by atoms with Crippen LogP contribution in [-0.2, 0) is 0 Å². The van der Waals surface area contributed by atoms with Crippen molar-refractivity contribution in [2.45, 2.75) is 19.9 Å². The molecule has 1 saturated heterocycles. The van der Waals surface area contributed by atoms with Crippen molar-refractivity contribution >= 4 is 22.3 Å². The van der Waals surface area contributed by atoms with Gasteiger partial charge in [0.15, 0.2) is 5.52 Å². The summed E-state index contributed by atoms with van der Waals surface area (Å²) in [6.45, 7) is 9.30. The highest BCUT2D eigenvalue weighted by Gasteiger charge is 2.19. The Morgan fingerprint density at radius 3 is 2.72 bits per heavy atom. The van der Waals surface area contributed by atoms with Crippen LogP contribution in [-0.4, -0.2) is 65.5 Å². The fourth-order valence-electron chi connectivity index (χ4n) is 3.36. The van der Waals surface area contributed by atoms with Crippen LogP contribution in [0.4, 0.5) is 11.4 Å². The maximum Gasteiger partial charge on any atom is 0.295 e. The summed E-state index contributed by atoms with van der Waals surface area (Å²) >= 11 is 0. The second kappa shape index (κ2) is 7.33. The number of hydrogen-bond acceptors (Lipinski definition) is 6. The van der Waals surface area contributed by atoms with Crippen LogP contribution in [0.15, 0.2) is 24.3 Å². The molecule has 0 spiro atoms. The Kier molecular flexibility index (Phi) is 5.15. The highest BCUT2D eigenvalue weighted by molar-refractivity contribution is 5.96. The molecular weight excluding hydrogens is 318 g/mol. The molecule has 0 bridgehead atoms. The Labute approximate surface area is 147 Å². The van der Waals surface area contributed by atoms with E-state index in [4.69, 9.17) is 0 Å². The maximum atomic E-state index is 11.3. The van der Waals surface area contributed by atoms with Gasteiger partial charge in [-0.05, 0) is 27.0 Å². The molecule has 1 aliphatic heterocycles. The minimum Gasteiger partial charge on any atom is -0.381 e. The molecule has 0 radical (unpaired) electrons. The standard InChI is InChI=1S/C18H25N5O2/c1-13-11-16(15-5-4-6-17(23(24)25)18(15)20-13)19-14(2)12-22-9-7-21(3)8-10-22/h4-6,11,14H,7-10,12H2,1-3H3,(H,19,20)/t14-/m1/s1. The van der Waals surface area contributed by atoms with E-state index in [-0.39, 0.29) is 16.7 Å². The number of non-ortho nitro benzene ring substituents is 1. The van der Waals surface area contributed by atoms with Crippen molar-refractivity contribution in [2.24, 2.45) is 0 Å². The molecule has 2 aromatic rings. The first kappa shape index (κ1) is 17.6. The monoisotopic (exact) mass is 343 g/mol. The molecule has 2 heterocycles. The van der Waals surface area contributed by atoms with Crippen LogP contribution in [0, 0.1) is 17.0 Å². The topological polar surface area (TPSA) is 74.5 Å². The van der Waals surface area contributed by atoms with Crippen molar-refractivity contribution in [3.63, 3.8) is 0 Å². The predicted molar refractivity (Wildman–Crippen MR) is 100 cm³/mol. The van der Waals surface area contributed by atoms with E-state index in [2.05, 4.69) is 34.1 Å². The number of nitrogens with one attached hydrogen (secondary N) is 1. The molecule has 1 N–H and O–H groups in total.